The zero-order valence-corrected chi connectivity index (χ0v) is 25.6. The molecule has 0 saturated heterocycles. The molecule has 2 aliphatic carbocycles. The molecule has 0 unspecified atom stereocenters. The average Bonchev–Trinajstić information content (AvgIpc) is 3.63. The largest absolute Gasteiger partial charge is 0.434 e. The van der Waals surface area contributed by atoms with Crippen LogP contribution in [-0.2, 0) is 17.5 Å². The van der Waals surface area contributed by atoms with Crippen molar-refractivity contribution in [3.63, 3.8) is 0 Å². The van der Waals surface area contributed by atoms with Crippen molar-refractivity contribution >= 4 is 17.6 Å². The predicted octanol–water partition coefficient (Wildman–Crippen LogP) is 6.84. The molecule has 2 saturated carbocycles. The summed E-state index contributed by atoms with van der Waals surface area (Å²) in [4.78, 5) is 31.7. The smallest absolute Gasteiger partial charge is 0.339 e. The van der Waals surface area contributed by atoms with Gasteiger partial charge in [-0.3, -0.25) is 19.4 Å². The van der Waals surface area contributed by atoms with Gasteiger partial charge in [0, 0.05) is 29.6 Å². The number of rotatable bonds is 9. The Balaban J connectivity index is 1.51. The molecule has 2 amide bonds. The Morgan fingerprint density at radius 1 is 1.00 bits per heavy atom. The molecule has 1 atom stereocenters. The van der Waals surface area contributed by atoms with E-state index >= 15 is 0 Å². The van der Waals surface area contributed by atoms with Crippen molar-refractivity contribution in [2.45, 2.75) is 104 Å². The van der Waals surface area contributed by atoms with Gasteiger partial charge in [-0.25, -0.2) is 4.98 Å². The quantitative estimate of drug-likeness (QED) is 0.244. The lowest BCUT2D eigenvalue weighted by Crippen LogP contribution is -2.53. The number of H-pyrrole nitrogens is 1. The molecule has 3 N–H and O–H groups in total. The van der Waals surface area contributed by atoms with Crippen LogP contribution >= 0.6 is 0 Å². The number of carbonyl (C=O) groups is 2. The van der Waals surface area contributed by atoms with Crippen LogP contribution in [0.3, 0.4) is 0 Å². The number of halogens is 3. The molecular formula is C32H42F3N7O2. The van der Waals surface area contributed by atoms with Crippen molar-refractivity contribution in [1.29, 1.82) is 0 Å². The van der Waals surface area contributed by atoms with E-state index in [0.717, 1.165) is 64.2 Å². The van der Waals surface area contributed by atoms with E-state index in [1.54, 1.807) is 30.8 Å². The number of nitrogens with zero attached hydrogens (tertiary/aromatic N) is 4. The molecule has 9 nitrogen and oxygen atoms in total. The SMILES string of the molecule is CCn1nccc1C(=O)N[C@H](C(=O)Nc1ccc(-c2c(C)n[nH]c2C)c(C(F)(F)F)n1)C(C1CCCCC1)C1CCCCC1. The summed E-state index contributed by atoms with van der Waals surface area (Å²) in [5.74, 6) is -0.875. The topological polar surface area (TPSA) is 118 Å². The lowest BCUT2D eigenvalue weighted by Gasteiger charge is -2.41. The highest BCUT2D eigenvalue weighted by molar-refractivity contribution is 6.00. The van der Waals surface area contributed by atoms with Crippen LogP contribution < -0.4 is 10.6 Å². The fourth-order valence-electron chi connectivity index (χ4n) is 7.39. The molecule has 0 bridgehead atoms. The molecule has 0 aliphatic heterocycles. The maximum absolute atomic E-state index is 14.3. The minimum atomic E-state index is -4.77. The Kier molecular flexibility index (Phi) is 9.75. The fraction of sp³-hybridized carbons (Fsp3) is 0.594. The lowest BCUT2D eigenvalue weighted by atomic mass is 9.66. The molecular weight excluding hydrogens is 571 g/mol. The first-order valence-corrected chi connectivity index (χ1v) is 15.8. The van der Waals surface area contributed by atoms with Gasteiger partial charge < -0.3 is 10.6 Å². The first-order chi connectivity index (χ1) is 21.1. The van der Waals surface area contributed by atoms with E-state index in [1.807, 2.05) is 6.92 Å². The summed E-state index contributed by atoms with van der Waals surface area (Å²) in [5.41, 5.74) is 0.358. The van der Waals surface area contributed by atoms with Crippen molar-refractivity contribution < 1.29 is 22.8 Å². The number of aromatic nitrogens is 5. The third-order valence-corrected chi connectivity index (χ3v) is 9.40. The summed E-state index contributed by atoms with van der Waals surface area (Å²) in [6.07, 6.45) is 7.12. The first kappa shape index (κ1) is 31.7. The van der Waals surface area contributed by atoms with Crippen LogP contribution in [-0.4, -0.2) is 42.8 Å². The Morgan fingerprint density at radius 2 is 1.64 bits per heavy atom. The highest BCUT2D eigenvalue weighted by Crippen LogP contribution is 2.43. The van der Waals surface area contributed by atoms with Gasteiger partial charge in [0.2, 0.25) is 5.91 Å². The highest BCUT2D eigenvalue weighted by Gasteiger charge is 2.42. The van der Waals surface area contributed by atoms with Crippen molar-refractivity contribution in [2.75, 3.05) is 5.32 Å². The van der Waals surface area contributed by atoms with Crippen molar-refractivity contribution in [3.05, 3.63) is 47.2 Å². The second kappa shape index (κ2) is 13.5. The highest BCUT2D eigenvalue weighted by atomic mass is 19.4. The average molecular weight is 614 g/mol. The summed E-state index contributed by atoms with van der Waals surface area (Å²) in [7, 11) is 0. The van der Waals surface area contributed by atoms with Crippen molar-refractivity contribution in [3.8, 4) is 11.1 Å². The molecule has 44 heavy (non-hydrogen) atoms. The number of hydrogen-bond acceptors (Lipinski definition) is 5. The van der Waals surface area contributed by atoms with Crippen LogP contribution in [0.2, 0.25) is 0 Å². The number of amides is 2. The monoisotopic (exact) mass is 613 g/mol. The number of carbonyl (C=O) groups excluding carboxylic acids is 2. The van der Waals surface area contributed by atoms with Gasteiger partial charge in [-0.2, -0.15) is 23.4 Å². The van der Waals surface area contributed by atoms with Gasteiger partial charge in [0.05, 0.1) is 5.69 Å². The number of alkyl halides is 3. The first-order valence-electron chi connectivity index (χ1n) is 15.8. The van der Waals surface area contributed by atoms with E-state index < -0.39 is 29.7 Å². The van der Waals surface area contributed by atoms with Crippen LogP contribution in [0.15, 0.2) is 24.4 Å². The number of aryl methyl sites for hydroxylation is 3. The lowest BCUT2D eigenvalue weighted by molar-refractivity contribution is -0.140. The van der Waals surface area contributed by atoms with E-state index in [9.17, 15) is 22.8 Å². The molecule has 12 heteroatoms. The number of hydrogen-bond donors (Lipinski definition) is 3. The van der Waals surface area contributed by atoms with Crippen LogP contribution in [0.1, 0.15) is 98.7 Å². The van der Waals surface area contributed by atoms with Gasteiger partial charge >= 0.3 is 6.18 Å². The molecule has 0 radical (unpaired) electrons. The minimum Gasteiger partial charge on any atom is -0.339 e. The third-order valence-electron chi connectivity index (χ3n) is 9.40. The molecule has 3 aromatic heterocycles. The van der Waals surface area contributed by atoms with E-state index in [2.05, 4.69) is 30.9 Å². The number of nitrogens with one attached hydrogen (secondary N) is 3. The number of anilines is 1. The number of pyridine rings is 1. The molecule has 3 heterocycles. The third kappa shape index (κ3) is 6.83. The summed E-state index contributed by atoms with van der Waals surface area (Å²) in [6.45, 7) is 5.64. The number of aromatic amines is 1. The van der Waals surface area contributed by atoms with Gasteiger partial charge in [0.15, 0.2) is 5.69 Å². The zero-order valence-electron chi connectivity index (χ0n) is 25.6. The molecule has 0 spiro atoms. The van der Waals surface area contributed by atoms with Crippen LogP contribution in [0, 0.1) is 31.6 Å². The normalized spacial score (nSPS) is 17.5. The summed E-state index contributed by atoms with van der Waals surface area (Å²) >= 11 is 0. The zero-order chi connectivity index (χ0) is 31.4. The van der Waals surface area contributed by atoms with Gasteiger partial charge in [-0.1, -0.05) is 64.2 Å². The molecule has 0 aromatic carbocycles. The van der Waals surface area contributed by atoms with E-state index in [4.69, 9.17) is 0 Å². The van der Waals surface area contributed by atoms with Gasteiger partial charge in [-0.15, -0.1) is 0 Å². The molecule has 238 valence electrons. The predicted molar refractivity (Wildman–Crippen MR) is 161 cm³/mol. The Hall–Kier alpha value is -3.70. The van der Waals surface area contributed by atoms with E-state index in [0.29, 0.717) is 29.2 Å². The summed E-state index contributed by atoms with van der Waals surface area (Å²) < 4.78 is 44.5. The van der Waals surface area contributed by atoms with Gasteiger partial charge in [0.1, 0.15) is 17.6 Å². The maximum Gasteiger partial charge on any atom is 0.434 e. The van der Waals surface area contributed by atoms with Crippen LogP contribution in [0.25, 0.3) is 11.1 Å². The second-order valence-corrected chi connectivity index (χ2v) is 12.2. The Morgan fingerprint density at radius 3 is 2.18 bits per heavy atom. The van der Waals surface area contributed by atoms with Gasteiger partial charge in [-0.05, 0) is 56.7 Å². The van der Waals surface area contributed by atoms with E-state index in [1.165, 1.54) is 12.1 Å². The van der Waals surface area contributed by atoms with Gasteiger partial charge in [0.25, 0.3) is 5.91 Å². The van der Waals surface area contributed by atoms with Crippen LogP contribution in [0.4, 0.5) is 19.0 Å². The van der Waals surface area contributed by atoms with Crippen LogP contribution in [0.5, 0.6) is 0 Å². The Labute approximate surface area is 255 Å². The van der Waals surface area contributed by atoms with Crippen molar-refractivity contribution in [1.82, 2.24) is 30.3 Å². The molecule has 3 aromatic rings. The molecule has 5 rings (SSSR count). The summed E-state index contributed by atoms with van der Waals surface area (Å²) in [6, 6.07) is 3.38. The maximum atomic E-state index is 14.3. The Bertz CT molecular complexity index is 1410. The fourth-order valence-corrected chi connectivity index (χ4v) is 7.39. The van der Waals surface area contributed by atoms with Crippen molar-refractivity contribution in [2.24, 2.45) is 17.8 Å². The molecule has 2 aliphatic rings. The second-order valence-electron chi connectivity index (χ2n) is 12.2. The van der Waals surface area contributed by atoms with E-state index in [-0.39, 0.29) is 29.1 Å². The minimum absolute atomic E-state index is 0.112. The summed E-state index contributed by atoms with van der Waals surface area (Å²) in [5, 5.41) is 16.7. The molecule has 2 fully saturated rings. The standard InChI is InChI=1S/C32H42F3N7O2/c1-4-42-24(17-18-36-42)30(43)39-28(27(21-11-7-5-8-12-21)22-13-9-6-10-14-22)31(44)38-25-16-15-23(29(37-25)32(33,34)35)26-19(2)40-41-20(26)3/h15-18,21-22,27-28H,4-14H2,1-3H3,(H,39,43)(H,40,41)(H,37,38,44)/t28-/m0/s1.